The van der Waals surface area contributed by atoms with E-state index in [1.807, 2.05) is 25.1 Å². The van der Waals surface area contributed by atoms with E-state index in [4.69, 9.17) is 16.6 Å². The highest BCUT2D eigenvalue weighted by atomic mass is 32.1. The fourth-order valence-electron chi connectivity index (χ4n) is 4.79. The van der Waals surface area contributed by atoms with Gasteiger partial charge in [-0.3, -0.25) is 0 Å². The van der Waals surface area contributed by atoms with Gasteiger partial charge in [0.1, 0.15) is 5.58 Å². The Morgan fingerprint density at radius 3 is 2.84 bits per heavy atom. The zero-order valence-electron chi connectivity index (χ0n) is 14.7. The van der Waals surface area contributed by atoms with Gasteiger partial charge in [-0.25, -0.2) is 4.79 Å². The highest BCUT2D eigenvalue weighted by Crippen LogP contribution is 2.49. The second-order valence-corrected chi connectivity index (χ2v) is 8.09. The van der Waals surface area contributed by atoms with E-state index in [2.05, 4.69) is 17.6 Å². The number of nitrogens with one attached hydrogen (secondary N) is 2. The summed E-state index contributed by atoms with van der Waals surface area (Å²) in [6, 6.07) is 7.65. The zero-order chi connectivity index (χ0) is 17.6. The number of aryl methyl sites for hydroxylation is 1. The molecule has 4 rings (SSSR count). The molecule has 2 fully saturated rings. The Labute approximate surface area is 153 Å². The third-order valence-electron chi connectivity index (χ3n) is 6.00. The summed E-state index contributed by atoms with van der Waals surface area (Å²) in [6.45, 7) is 4.15. The Kier molecular flexibility index (Phi) is 4.28. The van der Waals surface area contributed by atoms with Gasteiger partial charge in [0.05, 0.1) is 0 Å². The molecule has 5 heteroatoms. The minimum atomic E-state index is -0.326. The summed E-state index contributed by atoms with van der Waals surface area (Å²) in [7, 11) is 0. The first kappa shape index (κ1) is 16.6. The molecule has 0 amide bonds. The topological polar surface area (TPSA) is 54.3 Å². The van der Waals surface area contributed by atoms with Crippen molar-refractivity contribution in [2.45, 2.75) is 45.6 Å². The molecule has 4 atom stereocenters. The maximum absolute atomic E-state index is 11.6. The van der Waals surface area contributed by atoms with E-state index in [1.165, 1.54) is 31.7 Å². The Bertz CT molecular complexity index is 876. The van der Waals surface area contributed by atoms with Crippen molar-refractivity contribution in [2.24, 2.45) is 17.8 Å². The van der Waals surface area contributed by atoms with Gasteiger partial charge in [-0.2, -0.15) is 0 Å². The molecule has 25 heavy (non-hydrogen) atoms. The summed E-state index contributed by atoms with van der Waals surface area (Å²) in [4.78, 5) is 11.6. The van der Waals surface area contributed by atoms with Gasteiger partial charge in [-0.1, -0.05) is 6.42 Å². The standard InChI is InChI=1S/C20H24N2O2S/c1-11-7-19(23)24-18-10-15(5-6-16(11)18)22-20(25)21-12(2)17-9-13-3-4-14(17)8-13/h5-7,10,12-14,17H,3-4,8-9H2,1-2H3,(H2,21,22,25)/t12-,13-,14-,17+/m0/s1. The lowest BCUT2D eigenvalue weighted by molar-refractivity contribution is 0.279. The molecule has 0 aliphatic heterocycles. The van der Waals surface area contributed by atoms with Gasteiger partial charge in [0, 0.05) is 29.2 Å². The fraction of sp³-hybridized carbons (Fsp3) is 0.500. The number of hydrogen-bond donors (Lipinski definition) is 2. The molecule has 2 aliphatic rings. The molecular weight excluding hydrogens is 332 g/mol. The third-order valence-corrected chi connectivity index (χ3v) is 6.22. The monoisotopic (exact) mass is 356 g/mol. The normalized spacial score (nSPS) is 25.9. The lowest BCUT2D eigenvalue weighted by atomic mass is 9.84. The molecule has 2 aromatic rings. The predicted molar refractivity (Wildman–Crippen MR) is 105 cm³/mol. The average Bonchev–Trinajstić information content (AvgIpc) is 3.17. The van der Waals surface area contributed by atoms with Gasteiger partial charge in [-0.05, 0) is 80.8 Å². The van der Waals surface area contributed by atoms with Crippen LogP contribution < -0.4 is 16.3 Å². The minimum Gasteiger partial charge on any atom is -0.423 e. The summed E-state index contributed by atoms with van der Waals surface area (Å²) in [5, 5.41) is 8.26. The lowest BCUT2D eigenvalue weighted by Crippen LogP contribution is -2.42. The summed E-state index contributed by atoms with van der Waals surface area (Å²) in [5.41, 5.74) is 2.01. The van der Waals surface area contributed by atoms with Crippen LogP contribution in [0.1, 0.15) is 38.2 Å². The largest absolute Gasteiger partial charge is 0.423 e. The first-order chi connectivity index (χ1) is 12.0. The molecule has 1 heterocycles. The van der Waals surface area contributed by atoms with E-state index in [-0.39, 0.29) is 5.63 Å². The molecule has 4 nitrogen and oxygen atoms in total. The quantitative estimate of drug-likeness (QED) is 0.637. The number of hydrogen-bond acceptors (Lipinski definition) is 3. The van der Waals surface area contributed by atoms with Gasteiger partial charge in [0.25, 0.3) is 0 Å². The Morgan fingerprint density at radius 2 is 2.12 bits per heavy atom. The van der Waals surface area contributed by atoms with E-state index >= 15 is 0 Å². The first-order valence-electron chi connectivity index (χ1n) is 9.11. The number of fused-ring (bicyclic) bond motifs is 3. The number of anilines is 1. The van der Waals surface area contributed by atoms with E-state index in [1.54, 1.807) is 0 Å². The van der Waals surface area contributed by atoms with Gasteiger partial charge >= 0.3 is 5.63 Å². The molecule has 2 aliphatic carbocycles. The molecular formula is C20H24N2O2S. The van der Waals surface area contributed by atoms with Gasteiger partial charge in [0.2, 0.25) is 0 Å². The SMILES string of the molecule is Cc1cc(=O)oc2cc(NC(=S)N[C@@H](C)[C@H]3C[C@H]4CC[C@H]3C4)ccc12. The molecule has 2 bridgehead atoms. The maximum atomic E-state index is 11.6. The summed E-state index contributed by atoms with van der Waals surface area (Å²) in [6.07, 6.45) is 5.53. The molecule has 0 radical (unpaired) electrons. The van der Waals surface area contributed by atoms with E-state index < -0.39 is 0 Å². The Balaban J connectivity index is 1.44. The summed E-state index contributed by atoms with van der Waals surface area (Å²) >= 11 is 5.49. The van der Waals surface area contributed by atoms with Crippen molar-refractivity contribution in [3.63, 3.8) is 0 Å². The predicted octanol–water partition coefficient (Wildman–Crippen LogP) is 4.21. The highest BCUT2D eigenvalue weighted by molar-refractivity contribution is 7.80. The maximum Gasteiger partial charge on any atom is 0.336 e. The van der Waals surface area contributed by atoms with Crippen LogP contribution in [0.25, 0.3) is 11.0 Å². The van der Waals surface area contributed by atoms with Crippen LogP contribution in [0.3, 0.4) is 0 Å². The van der Waals surface area contributed by atoms with Crippen LogP contribution in [0.2, 0.25) is 0 Å². The first-order valence-corrected chi connectivity index (χ1v) is 9.52. The van der Waals surface area contributed by atoms with Crippen LogP contribution in [0.4, 0.5) is 5.69 Å². The van der Waals surface area contributed by atoms with Gasteiger partial charge in [0.15, 0.2) is 5.11 Å². The van der Waals surface area contributed by atoms with E-state index in [9.17, 15) is 4.79 Å². The molecule has 0 spiro atoms. The van der Waals surface area contributed by atoms with Crippen LogP contribution in [-0.4, -0.2) is 11.2 Å². The second-order valence-electron chi connectivity index (χ2n) is 7.69. The van der Waals surface area contributed by atoms with Crippen molar-refractivity contribution < 1.29 is 4.42 Å². The van der Waals surface area contributed by atoms with Crippen molar-refractivity contribution in [2.75, 3.05) is 5.32 Å². The zero-order valence-corrected chi connectivity index (χ0v) is 15.5. The highest BCUT2D eigenvalue weighted by Gasteiger charge is 2.41. The number of benzene rings is 1. The van der Waals surface area contributed by atoms with E-state index in [0.29, 0.717) is 16.7 Å². The van der Waals surface area contributed by atoms with Crippen LogP contribution >= 0.6 is 12.2 Å². The second kappa shape index (κ2) is 6.45. The molecule has 1 aromatic carbocycles. The molecule has 132 valence electrons. The Hall–Kier alpha value is -1.88. The van der Waals surface area contributed by atoms with Crippen molar-refractivity contribution in [1.29, 1.82) is 0 Å². The van der Waals surface area contributed by atoms with Crippen LogP contribution in [-0.2, 0) is 0 Å². The smallest absolute Gasteiger partial charge is 0.336 e. The number of rotatable bonds is 3. The molecule has 0 saturated heterocycles. The molecule has 2 saturated carbocycles. The van der Waals surface area contributed by atoms with Crippen LogP contribution in [0.5, 0.6) is 0 Å². The lowest BCUT2D eigenvalue weighted by Gasteiger charge is -2.29. The van der Waals surface area contributed by atoms with Crippen molar-refractivity contribution in [3.8, 4) is 0 Å². The minimum absolute atomic E-state index is 0.326. The van der Waals surface area contributed by atoms with Crippen LogP contribution in [0, 0.1) is 24.7 Å². The fourth-order valence-corrected chi connectivity index (χ4v) is 5.09. The van der Waals surface area contributed by atoms with Crippen LogP contribution in [0.15, 0.2) is 33.5 Å². The van der Waals surface area contributed by atoms with Crippen molar-refractivity contribution in [3.05, 3.63) is 40.2 Å². The molecule has 0 unspecified atom stereocenters. The van der Waals surface area contributed by atoms with Crippen molar-refractivity contribution >= 4 is 34.0 Å². The summed E-state index contributed by atoms with van der Waals surface area (Å²) in [5.74, 6) is 2.54. The number of thiocarbonyl (C=S) groups is 1. The average molecular weight is 356 g/mol. The Morgan fingerprint density at radius 1 is 1.28 bits per heavy atom. The summed E-state index contributed by atoms with van der Waals surface area (Å²) < 4.78 is 5.30. The van der Waals surface area contributed by atoms with Crippen molar-refractivity contribution in [1.82, 2.24) is 5.32 Å². The van der Waals surface area contributed by atoms with Gasteiger partial charge < -0.3 is 15.1 Å². The molecule has 2 N–H and O–H groups in total. The third kappa shape index (κ3) is 3.30. The van der Waals surface area contributed by atoms with E-state index in [0.717, 1.165) is 34.4 Å². The molecule has 1 aromatic heterocycles. The van der Waals surface area contributed by atoms with Gasteiger partial charge in [-0.15, -0.1) is 0 Å².